The molecule has 0 aliphatic heterocycles. The second kappa shape index (κ2) is 8.34. The number of nitrogens with one attached hydrogen (secondary N) is 2. The summed E-state index contributed by atoms with van der Waals surface area (Å²) in [6.07, 6.45) is 3.43. The van der Waals surface area contributed by atoms with Gasteiger partial charge in [0.05, 0.1) is 6.54 Å². The first-order valence-electron chi connectivity index (χ1n) is 8.09. The third-order valence-corrected chi connectivity index (χ3v) is 3.55. The molecule has 5 heteroatoms. The molecule has 1 aromatic carbocycles. The van der Waals surface area contributed by atoms with Crippen molar-refractivity contribution in [2.45, 2.75) is 32.7 Å². The molecule has 2 N–H and O–H groups in total. The van der Waals surface area contributed by atoms with Crippen molar-refractivity contribution in [1.29, 1.82) is 0 Å². The third-order valence-electron chi connectivity index (χ3n) is 3.55. The highest BCUT2D eigenvalue weighted by Crippen LogP contribution is 2.24. The van der Waals surface area contributed by atoms with Crippen LogP contribution in [0.4, 0.5) is 4.79 Å². The summed E-state index contributed by atoms with van der Waals surface area (Å²) >= 11 is 0. The van der Waals surface area contributed by atoms with E-state index in [1.165, 1.54) is 5.56 Å². The first-order valence-corrected chi connectivity index (χ1v) is 8.09. The van der Waals surface area contributed by atoms with Crippen LogP contribution < -0.4 is 15.4 Å². The molecule has 1 heterocycles. The summed E-state index contributed by atoms with van der Waals surface area (Å²) in [6.45, 7) is 7.86. The van der Waals surface area contributed by atoms with Crippen LogP contribution in [0, 0.1) is 0 Å². The minimum atomic E-state index is -0.217. The van der Waals surface area contributed by atoms with Crippen LogP contribution in [0.15, 0.2) is 48.8 Å². The van der Waals surface area contributed by atoms with Crippen LogP contribution in [0.25, 0.3) is 0 Å². The van der Waals surface area contributed by atoms with Crippen LogP contribution in [0.3, 0.4) is 0 Å². The van der Waals surface area contributed by atoms with Crippen LogP contribution >= 0.6 is 0 Å². The number of carbonyl (C=O) groups is 1. The zero-order valence-corrected chi connectivity index (χ0v) is 14.5. The molecule has 1 aromatic heterocycles. The SMILES string of the molecule is CC(C)(C)c1ccc(OCCNC(=O)NCc2cccnc2)cc1. The molecule has 2 amide bonds. The molecule has 0 aliphatic carbocycles. The fourth-order valence-electron chi connectivity index (χ4n) is 2.13. The molecule has 0 aliphatic rings. The van der Waals surface area contributed by atoms with Gasteiger partial charge >= 0.3 is 6.03 Å². The van der Waals surface area contributed by atoms with Gasteiger partial charge < -0.3 is 15.4 Å². The quantitative estimate of drug-likeness (QED) is 0.801. The lowest BCUT2D eigenvalue weighted by Gasteiger charge is -2.19. The second-order valence-corrected chi connectivity index (χ2v) is 6.59. The molecule has 0 bridgehead atoms. The average molecular weight is 327 g/mol. The molecule has 2 aromatic rings. The fourth-order valence-corrected chi connectivity index (χ4v) is 2.13. The molecule has 5 nitrogen and oxygen atoms in total. The lowest BCUT2D eigenvalue weighted by molar-refractivity contribution is 0.236. The van der Waals surface area contributed by atoms with Gasteiger partial charge in [-0.1, -0.05) is 39.0 Å². The Labute approximate surface area is 143 Å². The standard InChI is InChI=1S/C19H25N3O2/c1-19(2,3)16-6-8-17(9-7-16)24-12-11-21-18(23)22-14-15-5-4-10-20-13-15/h4-10,13H,11-12,14H2,1-3H3,(H2,21,22,23). The highest BCUT2D eigenvalue weighted by atomic mass is 16.5. The van der Waals surface area contributed by atoms with E-state index in [0.717, 1.165) is 11.3 Å². The molecule has 24 heavy (non-hydrogen) atoms. The third kappa shape index (κ3) is 5.91. The Morgan fingerprint density at radius 1 is 1.12 bits per heavy atom. The summed E-state index contributed by atoms with van der Waals surface area (Å²) in [5.74, 6) is 0.806. The predicted octanol–water partition coefficient (Wildman–Crippen LogP) is 3.26. The largest absolute Gasteiger partial charge is 0.492 e. The van der Waals surface area contributed by atoms with Gasteiger partial charge in [-0.25, -0.2) is 4.79 Å². The Hall–Kier alpha value is -2.56. The van der Waals surface area contributed by atoms with Crippen LogP contribution in [-0.2, 0) is 12.0 Å². The Kier molecular flexibility index (Phi) is 6.18. The number of hydrogen-bond donors (Lipinski definition) is 2. The normalized spacial score (nSPS) is 11.0. The number of hydrogen-bond acceptors (Lipinski definition) is 3. The van der Waals surface area contributed by atoms with Gasteiger partial charge in [-0.05, 0) is 34.7 Å². The zero-order chi connectivity index (χ0) is 17.4. The smallest absolute Gasteiger partial charge is 0.315 e. The van der Waals surface area contributed by atoms with Crippen molar-refractivity contribution in [3.05, 3.63) is 59.9 Å². The van der Waals surface area contributed by atoms with E-state index in [1.807, 2.05) is 24.3 Å². The van der Waals surface area contributed by atoms with E-state index in [-0.39, 0.29) is 11.4 Å². The predicted molar refractivity (Wildman–Crippen MR) is 95.1 cm³/mol. The van der Waals surface area contributed by atoms with Crippen molar-refractivity contribution >= 4 is 6.03 Å². The lowest BCUT2D eigenvalue weighted by atomic mass is 9.87. The van der Waals surface area contributed by atoms with E-state index in [9.17, 15) is 4.79 Å². The lowest BCUT2D eigenvalue weighted by Crippen LogP contribution is -2.37. The van der Waals surface area contributed by atoms with Gasteiger partial charge in [-0.3, -0.25) is 4.98 Å². The van der Waals surface area contributed by atoms with Gasteiger partial charge in [0.2, 0.25) is 0 Å². The van der Waals surface area contributed by atoms with Crippen LogP contribution in [-0.4, -0.2) is 24.2 Å². The molecule has 0 spiro atoms. The van der Waals surface area contributed by atoms with E-state index in [1.54, 1.807) is 12.4 Å². The maximum atomic E-state index is 11.7. The number of carbonyl (C=O) groups excluding carboxylic acids is 1. The van der Waals surface area contributed by atoms with E-state index < -0.39 is 0 Å². The van der Waals surface area contributed by atoms with Crippen molar-refractivity contribution in [3.63, 3.8) is 0 Å². The van der Waals surface area contributed by atoms with E-state index in [4.69, 9.17) is 4.74 Å². The summed E-state index contributed by atoms with van der Waals surface area (Å²) in [4.78, 5) is 15.7. The van der Waals surface area contributed by atoms with Gasteiger partial charge in [0, 0.05) is 18.9 Å². The van der Waals surface area contributed by atoms with Crippen molar-refractivity contribution in [2.75, 3.05) is 13.2 Å². The van der Waals surface area contributed by atoms with Gasteiger partial charge in [-0.2, -0.15) is 0 Å². The first kappa shape index (κ1) is 17.8. The van der Waals surface area contributed by atoms with Crippen LogP contribution in [0.2, 0.25) is 0 Å². The Morgan fingerprint density at radius 2 is 1.88 bits per heavy atom. The van der Waals surface area contributed by atoms with Gasteiger partial charge in [-0.15, -0.1) is 0 Å². The van der Waals surface area contributed by atoms with E-state index in [2.05, 4.69) is 48.5 Å². The second-order valence-electron chi connectivity index (χ2n) is 6.59. The van der Waals surface area contributed by atoms with Gasteiger partial charge in [0.25, 0.3) is 0 Å². The number of benzene rings is 1. The van der Waals surface area contributed by atoms with Crippen LogP contribution in [0.5, 0.6) is 5.75 Å². The summed E-state index contributed by atoms with van der Waals surface area (Å²) in [7, 11) is 0. The number of amides is 2. The Balaban J connectivity index is 1.64. The Morgan fingerprint density at radius 3 is 2.50 bits per heavy atom. The van der Waals surface area contributed by atoms with Gasteiger partial charge in [0.15, 0.2) is 0 Å². The molecule has 0 fully saturated rings. The molecule has 128 valence electrons. The van der Waals surface area contributed by atoms with E-state index in [0.29, 0.717) is 19.7 Å². The molecule has 0 saturated heterocycles. The zero-order valence-electron chi connectivity index (χ0n) is 14.5. The maximum Gasteiger partial charge on any atom is 0.315 e. The van der Waals surface area contributed by atoms with Crippen molar-refractivity contribution in [1.82, 2.24) is 15.6 Å². The molecule has 0 radical (unpaired) electrons. The number of rotatable bonds is 6. The number of urea groups is 1. The van der Waals surface area contributed by atoms with Crippen LogP contribution in [0.1, 0.15) is 31.9 Å². The minimum absolute atomic E-state index is 0.131. The summed E-state index contributed by atoms with van der Waals surface area (Å²) in [5.41, 5.74) is 2.36. The molecular weight excluding hydrogens is 302 g/mol. The molecule has 2 rings (SSSR count). The fraction of sp³-hybridized carbons (Fsp3) is 0.368. The molecule has 0 saturated carbocycles. The van der Waals surface area contributed by atoms with Crippen molar-refractivity contribution in [3.8, 4) is 5.75 Å². The number of aromatic nitrogens is 1. The summed E-state index contributed by atoms with van der Waals surface area (Å²) in [6, 6.07) is 11.6. The molecule has 0 unspecified atom stereocenters. The number of ether oxygens (including phenoxy) is 1. The number of nitrogens with zero attached hydrogens (tertiary/aromatic N) is 1. The van der Waals surface area contributed by atoms with Gasteiger partial charge in [0.1, 0.15) is 12.4 Å². The topological polar surface area (TPSA) is 63.2 Å². The van der Waals surface area contributed by atoms with Crippen molar-refractivity contribution < 1.29 is 9.53 Å². The molecule has 0 atom stereocenters. The minimum Gasteiger partial charge on any atom is -0.492 e. The van der Waals surface area contributed by atoms with E-state index >= 15 is 0 Å². The highest BCUT2D eigenvalue weighted by molar-refractivity contribution is 5.73. The molecular formula is C19H25N3O2. The Bertz CT molecular complexity index is 634. The monoisotopic (exact) mass is 327 g/mol. The summed E-state index contributed by atoms with van der Waals surface area (Å²) in [5, 5.41) is 5.54. The maximum absolute atomic E-state index is 11.7. The summed E-state index contributed by atoms with van der Waals surface area (Å²) < 4.78 is 5.63. The average Bonchev–Trinajstić information content (AvgIpc) is 2.57. The first-order chi connectivity index (χ1) is 11.4. The van der Waals surface area contributed by atoms with Crippen molar-refractivity contribution in [2.24, 2.45) is 0 Å². The highest BCUT2D eigenvalue weighted by Gasteiger charge is 2.12. The number of pyridine rings is 1.